The van der Waals surface area contributed by atoms with Gasteiger partial charge in [0.2, 0.25) is 0 Å². The van der Waals surface area contributed by atoms with E-state index in [0.29, 0.717) is 0 Å². The number of alkyl halides is 3. The molecule has 0 atom stereocenters. The standard InChI is InChI=1S/C12H21F3N2O3/c1-11(2,3)17(8-9(18)19)10(20)16-7-5-4-6-12(13,14)15/h4-8H2,1-3H3,(H,16,20)(H,18,19). The van der Waals surface area contributed by atoms with E-state index in [4.69, 9.17) is 5.11 Å². The molecule has 0 aliphatic rings. The number of hydrogen-bond donors (Lipinski definition) is 2. The predicted molar refractivity (Wildman–Crippen MR) is 67.4 cm³/mol. The molecule has 0 saturated heterocycles. The molecule has 0 heterocycles. The summed E-state index contributed by atoms with van der Waals surface area (Å²) in [6, 6.07) is -0.591. The number of urea groups is 1. The quantitative estimate of drug-likeness (QED) is 0.741. The minimum absolute atomic E-state index is 0.0712. The van der Waals surface area contributed by atoms with Crippen LogP contribution in [0, 0.1) is 0 Å². The maximum Gasteiger partial charge on any atom is 0.389 e. The molecule has 2 N–H and O–H groups in total. The van der Waals surface area contributed by atoms with E-state index in [-0.39, 0.29) is 19.4 Å². The molecule has 8 heteroatoms. The van der Waals surface area contributed by atoms with Crippen molar-refractivity contribution in [2.24, 2.45) is 0 Å². The number of nitrogens with one attached hydrogen (secondary N) is 1. The van der Waals surface area contributed by atoms with Crippen molar-refractivity contribution in [1.82, 2.24) is 10.2 Å². The largest absolute Gasteiger partial charge is 0.480 e. The van der Waals surface area contributed by atoms with Crippen LogP contribution in [-0.4, -0.2) is 46.8 Å². The number of aliphatic carboxylic acids is 1. The molecular weight excluding hydrogens is 277 g/mol. The summed E-state index contributed by atoms with van der Waals surface area (Å²) in [6.07, 6.45) is -4.96. The number of carbonyl (C=O) groups excluding carboxylic acids is 1. The lowest BCUT2D eigenvalue weighted by molar-refractivity contribution is -0.139. The van der Waals surface area contributed by atoms with Crippen LogP contribution in [0.1, 0.15) is 40.0 Å². The number of carboxylic acid groups (broad SMARTS) is 1. The highest BCUT2D eigenvalue weighted by atomic mass is 19.4. The fourth-order valence-corrected chi connectivity index (χ4v) is 1.49. The smallest absolute Gasteiger partial charge is 0.389 e. The third kappa shape index (κ3) is 8.60. The van der Waals surface area contributed by atoms with E-state index < -0.39 is 36.7 Å². The molecule has 0 spiro atoms. The number of halogens is 3. The van der Waals surface area contributed by atoms with Gasteiger partial charge in [-0.15, -0.1) is 0 Å². The van der Waals surface area contributed by atoms with Gasteiger partial charge in [-0.3, -0.25) is 4.79 Å². The van der Waals surface area contributed by atoms with E-state index in [9.17, 15) is 22.8 Å². The van der Waals surface area contributed by atoms with Crippen LogP contribution in [0.15, 0.2) is 0 Å². The molecule has 0 aliphatic heterocycles. The molecule has 0 aliphatic carbocycles. The molecule has 0 aromatic heterocycles. The third-order valence-electron chi connectivity index (χ3n) is 2.51. The summed E-state index contributed by atoms with van der Waals surface area (Å²) in [5.74, 6) is -1.15. The van der Waals surface area contributed by atoms with Crippen LogP contribution in [0.5, 0.6) is 0 Å². The SMILES string of the molecule is CC(C)(C)N(CC(=O)O)C(=O)NCCCCC(F)(F)F. The number of carboxylic acids is 1. The van der Waals surface area contributed by atoms with Crippen molar-refractivity contribution in [3.8, 4) is 0 Å². The van der Waals surface area contributed by atoms with Crippen molar-refractivity contribution < 1.29 is 27.9 Å². The van der Waals surface area contributed by atoms with Gasteiger partial charge in [-0.2, -0.15) is 13.2 Å². The van der Waals surface area contributed by atoms with Crippen LogP contribution in [0.2, 0.25) is 0 Å². The summed E-state index contributed by atoms with van der Waals surface area (Å²) < 4.78 is 35.7. The van der Waals surface area contributed by atoms with Crippen LogP contribution in [0.25, 0.3) is 0 Å². The molecular formula is C12H21F3N2O3. The van der Waals surface area contributed by atoms with E-state index in [1.165, 1.54) is 0 Å². The number of hydrogen-bond acceptors (Lipinski definition) is 2. The highest BCUT2D eigenvalue weighted by molar-refractivity contribution is 5.80. The monoisotopic (exact) mass is 298 g/mol. The average Bonchev–Trinajstić information content (AvgIpc) is 2.21. The first-order valence-corrected chi connectivity index (χ1v) is 6.27. The van der Waals surface area contributed by atoms with E-state index >= 15 is 0 Å². The first-order chi connectivity index (χ1) is 8.93. The number of unbranched alkanes of at least 4 members (excludes halogenated alkanes) is 1. The zero-order valence-electron chi connectivity index (χ0n) is 11.9. The Balaban J connectivity index is 4.18. The molecule has 0 fully saturated rings. The van der Waals surface area contributed by atoms with Gasteiger partial charge in [-0.25, -0.2) is 4.79 Å². The van der Waals surface area contributed by atoms with Crippen LogP contribution in [0.4, 0.5) is 18.0 Å². The molecule has 0 aromatic carbocycles. The predicted octanol–water partition coefficient (Wildman–Crippen LogP) is 2.61. The topological polar surface area (TPSA) is 69.6 Å². The summed E-state index contributed by atoms with van der Waals surface area (Å²) >= 11 is 0. The Labute approximate surface area is 116 Å². The van der Waals surface area contributed by atoms with E-state index in [1.807, 2.05) is 0 Å². The van der Waals surface area contributed by atoms with Crippen molar-refractivity contribution in [2.75, 3.05) is 13.1 Å². The van der Waals surface area contributed by atoms with Crippen LogP contribution in [-0.2, 0) is 4.79 Å². The summed E-state index contributed by atoms with van der Waals surface area (Å²) in [5, 5.41) is 11.2. The highest BCUT2D eigenvalue weighted by Crippen LogP contribution is 2.21. The van der Waals surface area contributed by atoms with Crippen molar-refractivity contribution in [1.29, 1.82) is 0 Å². The van der Waals surface area contributed by atoms with Crippen molar-refractivity contribution in [3.63, 3.8) is 0 Å². The number of rotatable bonds is 6. The Morgan fingerprint density at radius 2 is 1.70 bits per heavy atom. The van der Waals surface area contributed by atoms with Crippen molar-refractivity contribution >= 4 is 12.0 Å². The normalized spacial score (nSPS) is 12.1. The van der Waals surface area contributed by atoms with Gasteiger partial charge in [0.25, 0.3) is 0 Å². The molecule has 5 nitrogen and oxygen atoms in total. The molecule has 0 aromatic rings. The molecule has 0 saturated carbocycles. The molecule has 0 rings (SSSR count). The van der Waals surface area contributed by atoms with Crippen molar-refractivity contribution in [2.45, 2.75) is 51.7 Å². The summed E-state index contributed by atoms with van der Waals surface area (Å²) in [7, 11) is 0. The summed E-state index contributed by atoms with van der Waals surface area (Å²) in [4.78, 5) is 23.6. The lowest BCUT2D eigenvalue weighted by Crippen LogP contribution is -2.52. The minimum Gasteiger partial charge on any atom is -0.480 e. The lowest BCUT2D eigenvalue weighted by Gasteiger charge is -2.34. The maximum absolute atomic E-state index is 11.9. The molecule has 0 bridgehead atoms. The van der Waals surface area contributed by atoms with Crippen molar-refractivity contribution in [3.05, 3.63) is 0 Å². The van der Waals surface area contributed by atoms with E-state index in [0.717, 1.165) is 4.90 Å². The molecule has 2 amide bonds. The Morgan fingerprint density at radius 1 is 1.15 bits per heavy atom. The molecule has 0 radical (unpaired) electrons. The number of amides is 2. The third-order valence-corrected chi connectivity index (χ3v) is 2.51. The summed E-state index contributed by atoms with van der Waals surface area (Å²) in [5.41, 5.74) is -0.686. The van der Waals surface area contributed by atoms with Gasteiger partial charge in [0.1, 0.15) is 6.54 Å². The first-order valence-electron chi connectivity index (χ1n) is 6.27. The van der Waals surface area contributed by atoms with Gasteiger partial charge in [0.15, 0.2) is 0 Å². The van der Waals surface area contributed by atoms with Gasteiger partial charge in [0.05, 0.1) is 0 Å². The highest BCUT2D eigenvalue weighted by Gasteiger charge is 2.28. The van der Waals surface area contributed by atoms with Gasteiger partial charge in [0, 0.05) is 18.5 Å². The van der Waals surface area contributed by atoms with Gasteiger partial charge >= 0.3 is 18.2 Å². The number of nitrogens with zero attached hydrogens (tertiary/aromatic N) is 1. The first kappa shape index (κ1) is 18.5. The van der Waals surface area contributed by atoms with E-state index in [2.05, 4.69) is 5.32 Å². The average molecular weight is 298 g/mol. The van der Waals surface area contributed by atoms with Crippen LogP contribution in [0.3, 0.4) is 0 Å². The van der Waals surface area contributed by atoms with Crippen LogP contribution < -0.4 is 5.32 Å². The molecule has 20 heavy (non-hydrogen) atoms. The number of carbonyl (C=O) groups is 2. The van der Waals surface area contributed by atoms with Gasteiger partial charge in [-0.05, 0) is 33.6 Å². The Kier molecular flexibility index (Phi) is 6.81. The van der Waals surface area contributed by atoms with Crippen LogP contribution >= 0.6 is 0 Å². The fraction of sp³-hybridized carbons (Fsp3) is 0.833. The Hall–Kier alpha value is -1.47. The van der Waals surface area contributed by atoms with Gasteiger partial charge < -0.3 is 15.3 Å². The van der Waals surface area contributed by atoms with E-state index in [1.54, 1.807) is 20.8 Å². The molecule has 0 unspecified atom stereocenters. The Morgan fingerprint density at radius 3 is 2.10 bits per heavy atom. The second-order valence-corrected chi connectivity index (χ2v) is 5.45. The summed E-state index contributed by atoms with van der Waals surface area (Å²) in [6.45, 7) is 4.66. The minimum atomic E-state index is -4.19. The second-order valence-electron chi connectivity index (χ2n) is 5.45. The lowest BCUT2D eigenvalue weighted by atomic mass is 10.1. The second kappa shape index (κ2) is 7.35. The van der Waals surface area contributed by atoms with Gasteiger partial charge in [-0.1, -0.05) is 0 Å². The Bertz CT molecular complexity index is 338. The zero-order chi connectivity index (χ0) is 16.0. The zero-order valence-corrected chi connectivity index (χ0v) is 11.9. The fourth-order valence-electron chi connectivity index (χ4n) is 1.49. The molecule has 118 valence electrons. The maximum atomic E-state index is 11.9.